The molecule has 23 heavy (non-hydrogen) atoms. The van der Waals surface area contributed by atoms with E-state index in [-0.39, 0.29) is 18.9 Å². The summed E-state index contributed by atoms with van der Waals surface area (Å²) in [5.74, 6) is -1.38. The van der Waals surface area contributed by atoms with Crippen molar-refractivity contribution in [3.63, 3.8) is 0 Å². The Kier molecular flexibility index (Phi) is 4.52. The summed E-state index contributed by atoms with van der Waals surface area (Å²) in [6.07, 6.45) is 0.0242. The number of amides is 1. The second kappa shape index (κ2) is 6.29. The Balaban J connectivity index is 1.78. The maximum Gasteiger partial charge on any atom is 0.302 e. The van der Waals surface area contributed by atoms with Crippen LogP contribution in [0.15, 0.2) is 34.1 Å². The number of anilines is 1. The third-order valence-corrected chi connectivity index (χ3v) is 5.76. The quantitative estimate of drug-likeness (QED) is 0.714. The molecule has 5 nitrogen and oxygen atoms in total. The molecule has 1 aromatic heterocycles. The highest BCUT2D eigenvalue weighted by Gasteiger charge is 2.35. The molecule has 9 heteroatoms. The van der Waals surface area contributed by atoms with E-state index in [1.807, 2.05) is 29.6 Å². The fraction of sp³-hybridized carbons (Fsp3) is 0.286. The summed E-state index contributed by atoms with van der Waals surface area (Å²) in [7, 11) is -4.58. The first kappa shape index (κ1) is 16.5. The lowest BCUT2D eigenvalue weighted by molar-refractivity contribution is -0.117. The average Bonchev–Trinajstić information content (AvgIpc) is 3.04. The molecule has 1 aliphatic rings. The Morgan fingerprint density at radius 3 is 2.70 bits per heavy atom. The summed E-state index contributed by atoms with van der Waals surface area (Å²) in [6.45, 7) is 0.176. The highest BCUT2D eigenvalue weighted by atomic mass is 79.9. The summed E-state index contributed by atoms with van der Waals surface area (Å²) in [5, 5.41) is 2.34. The first-order valence-electron chi connectivity index (χ1n) is 6.76. The number of carbonyl (C=O) groups excluding carboxylic acids is 1. The van der Waals surface area contributed by atoms with Crippen LogP contribution in [0.25, 0.3) is 11.3 Å². The van der Waals surface area contributed by atoms with Gasteiger partial charge in [0.15, 0.2) is 5.13 Å². The van der Waals surface area contributed by atoms with Gasteiger partial charge in [-0.15, -0.1) is 15.2 Å². The van der Waals surface area contributed by atoms with Crippen LogP contribution in [0.2, 0.25) is 0 Å². The van der Waals surface area contributed by atoms with Gasteiger partial charge in [0.25, 0.3) is 0 Å². The van der Waals surface area contributed by atoms with Crippen molar-refractivity contribution in [1.82, 2.24) is 4.98 Å². The fourth-order valence-corrected chi connectivity index (χ4v) is 4.41. The molecule has 1 amide bonds. The summed E-state index contributed by atoms with van der Waals surface area (Å²) in [5.41, 5.74) is 1.66. The molecule has 1 aliphatic heterocycles. The molecule has 122 valence electrons. The fourth-order valence-electron chi connectivity index (χ4n) is 2.50. The van der Waals surface area contributed by atoms with Gasteiger partial charge in [-0.05, 0) is 12.1 Å². The van der Waals surface area contributed by atoms with E-state index in [0.717, 1.165) is 15.7 Å². The Morgan fingerprint density at radius 2 is 2.04 bits per heavy atom. The van der Waals surface area contributed by atoms with Crippen molar-refractivity contribution in [3.8, 4) is 11.3 Å². The lowest BCUT2D eigenvalue weighted by atomic mass is 10.1. The summed E-state index contributed by atoms with van der Waals surface area (Å²) in [6, 6.07) is 7.62. The zero-order valence-electron chi connectivity index (χ0n) is 11.8. The smallest absolute Gasteiger partial charge is 0.288 e. The van der Waals surface area contributed by atoms with E-state index < -0.39 is 21.9 Å². The van der Waals surface area contributed by atoms with Crippen LogP contribution in [0.4, 0.5) is 9.02 Å². The van der Waals surface area contributed by atoms with Gasteiger partial charge in [-0.3, -0.25) is 9.69 Å². The van der Waals surface area contributed by atoms with Crippen molar-refractivity contribution in [2.45, 2.75) is 6.42 Å². The first-order chi connectivity index (χ1) is 10.8. The minimum Gasteiger partial charge on any atom is -0.288 e. The molecule has 1 unspecified atom stereocenters. The topological polar surface area (TPSA) is 67.3 Å². The first-order valence-corrected chi connectivity index (χ1v) is 9.98. The third-order valence-electron chi connectivity index (χ3n) is 3.50. The number of carbonyl (C=O) groups is 1. The van der Waals surface area contributed by atoms with Gasteiger partial charge in [0.2, 0.25) is 5.91 Å². The molecule has 1 fully saturated rings. The van der Waals surface area contributed by atoms with Gasteiger partial charge < -0.3 is 0 Å². The number of hydrogen-bond donors (Lipinski definition) is 0. The molecule has 0 bridgehead atoms. The van der Waals surface area contributed by atoms with E-state index in [4.69, 9.17) is 0 Å². The minimum absolute atomic E-state index is 0.0242. The van der Waals surface area contributed by atoms with Crippen LogP contribution in [0.5, 0.6) is 0 Å². The predicted molar refractivity (Wildman–Crippen MR) is 90.6 cm³/mol. The Hall–Kier alpha value is -1.32. The van der Waals surface area contributed by atoms with Gasteiger partial charge >= 0.3 is 10.2 Å². The third kappa shape index (κ3) is 3.96. The zero-order chi connectivity index (χ0) is 16.6. The van der Waals surface area contributed by atoms with Crippen LogP contribution in [-0.4, -0.2) is 31.6 Å². The molecule has 3 rings (SSSR count). The van der Waals surface area contributed by atoms with Crippen LogP contribution in [-0.2, 0) is 15.0 Å². The van der Waals surface area contributed by atoms with Gasteiger partial charge in [0.1, 0.15) is 0 Å². The zero-order valence-corrected chi connectivity index (χ0v) is 15.0. The second-order valence-corrected chi connectivity index (χ2v) is 8.47. The molecule has 1 atom stereocenters. The molecule has 0 aliphatic carbocycles. The molecular weight excluding hydrogens is 407 g/mol. The molecular formula is C14H12BrFN2O3S2. The normalized spacial score (nSPS) is 18.6. The van der Waals surface area contributed by atoms with E-state index in [2.05, 4.69) is 20.9 Å². The Labute approximate surface area is 145 Å². The van der Waals surface area contributed by atoms with Crippen LogP contribution in [0.3, 0.4) is 0 Å². The standard InChI is InChI=1S/C14H12BrFN2O3S2/c15-11-3-1-10(2-4-11)12-7-22-14(17-12)18-6-9(5-13(18)19)8-23(16,20)21/h1-4,7,9H,5-6,8H2. The number of rotatable bonds is 4. The number of thiazole rings is 1. The molecule has 2 aromatic rings. The van der Waals surface area contributed by atoms with E-state index >= 15 is 0 Å². The molecule has 2 heterocycles. The average molecular weight is 419 g/mol. The largest absolute Gasteiger partial charge is 0.302 e. The predicted octanol–water partition coefficient (Wildman–Crippen LogP) is 3.22. The van der Waals surface area contributed by atoms with Gasteiger partial charge in [-0.25, -0.2) is 4.98 Å². The van der Waals surface area contributed by atoms with Crippen molar-refractivity contribution in [2.24, 2.45) is 5.92 Å². The number of benzene rings is 1. The molecule has 1 saturated heterocycles. The van der Waals surface area contributed by atoms with Gasteiger partial charge in [0.05, 0.1) is 11.4 Å². The van der Waals surface area contributed by atoms with Crippen LogP contribution in [0, 0.1) is 5.92 Å². The summed E-state index contributed by atoms with van der Waals surface area (Å²) < 4.78 is 35.2. The van der Waals surface area contributed by atoms with E-state index in [9.17, 15) is 17.1 Å². The Bertz CT molecular complexity index is 836. The van der Waals surface area contributed by atoms with Crippen molar-refractivity contribution < 1.29 is 17.1 Å². The molecule has 0 saturated carbocycles. The SMILES string of the molecule is O=C1CC(CS(=O)(=O)F)CN1c1nc(-c2ccc(Br)cc2)cs1. The van der Waals surface area contributed by atoms with E-state index in [1.54, 1.807) is 0 Å². The van der Waals surface area contributed by atoms with Crippen LogP contribution < -0.4 is 4.90 Å². The van der Waals surface area contributed by atoms with Gasteiger partial charge in [-0.2, -0.15) is 8.42 Å². The van der Waals surface area contributed by atoms with Gasteiger partial charge in [0, 0.05) is 34.3 Å². The highest BCUT2D eigenvalue weighted by molar-refractivity contribution is 9.10. The Morgan fingerprint density at radius 1 is 1.35 bits per heavy atom. The van der Waals surface area contributed by atoms with Crippen LogP contribution in [0.1, 0.15) is 6.42 Å². The van der Waals surface area contributed by atoms with E-state index in [1.165, 1.54) is 16.2 Å². The molecule has 0 N–H and O–H groups in total. The molecule has 0 radical (unpaired) electrons. The van der Waals surface area contributed by atoms with Gasteiger partial charge in [-0.1, -0.05) is 28.1 Å². The number of aromatic nitrogens is 1. The summed E-state index contributed by atoms with van der Waals surface area (Å²) in [4.78, 5) is 17.9. The second-order valence-electron chi connectivity index (χ2n) is 5.30. The molecule has 0 spiro atoms. The highest BCUT2D eigenvalue weighted by Crippen LogP contribution is 2.32. The summed E-state index contributed by atoms with van der Waals surface area (Å²) >= 11 is 4.67. The lowest BCUT2D eigenvalue weighted by Crippen LogP contribution is -2.25. The lowest BCUT2D eigenvalue weighted by Gasteiger charge is -2.12. The van der Waals surface area contributed by atoms with Crippen LogP contribution >= 0.6 is 27.3 Å². The monoisotopic (exact) mass is 418 g/mol. The number of nitrogens with zero attached hydrogens (tertiary/aromatic N) is 2. The molecule has 1 aromatic carbocycles. The van der Waals surface area contributed by atoms with Crippen molar-refractivity contribution in [2.75, 3.05) is 17.2 Å². The van der Waals surface area contributed by atoms with E-state index in [0.29, 0.717) is 5.13 Å². The number of hydrogen-bond acceptors (Lipinski definition) is 5. The van der Waals surface area contributed by atoms with Crippen molar-refractivity contribution in [1.29, 1.82) is 0 Å². The number of halogens is 2. The maximum absolute atomic E-state index is 12.8. The minimum atomic E-state index is -4.58. The van der Waals surface area contributed by atoms with Crippen molar-refractivity contribution >= 4 is 48.5 Å². The van der Waals surface area contributed by atoms with Crippen molar-refractivity contribution in [3.05, 3.63) is 34.1 Å². The maximum atomic E-state index is 12.8.